The van der Waals surface area contributed by atoms with Crippen molar-refractivity contribution in [3.8, 4) is 5.75 Å². The van der Waals surface area contributed by atoms with E-state index in [1.165, 1.54) is 31.2 Å². The number of halogens is 1. The first-order chi connectivity index (χ1) is 10.1. The van der Waals surface area contributed by atoms with Crippen molar-refractivity contribution in [2.75, 3.05) is 13.2 Å². The predicted molar refractivity (Wildman–Crippen MR) is 89.8 cm³/mol. The van der Waals surface area contributed by atoms with E-state index >= 15 is 0 Å². The predicted octanol–water partition coefficient (Wildman–Crippen LogP) is 3.67. The highest BCUT2D eigenvalue weighted by atomic mass is 79.9. The molecule has 2 rings (SSSR count). The van der Waals surface area contributed by atoms with Gasteiger partial charge in [-0.05, 0) is 66.2 Å². The molecule has 1 aliphatic carbocycles. The van der Waals surface area contributed by atoms with Gasteiger partial charge in [0.1, 0.15) is 18.5 Å². The van der Waals surface area contributed by atoms with Gasteiger partial charge in [-0.3, -0.25) is 0 Å². The molecule has 0 bridgehead atoms. The molecular formula is C17H26BrNO2. The van der Waals surface area contributed by atoms with Crippen LogP contribution in [-0.2, 0) is 0 Å². The van der Waals surface area contributed by atoms with E-state index < -0.39 is 6.10 Å². The maximum atomic E-state index is 10.0. The molecular weight excluding hydrogens is 330 g/mol. The Hall–Kier alpha value is -0.580. The molecule has 3 nitrogen and oxygen atoms in total. The summed E-state index contributed by atoms with van der Waals surface area (Å²) in [5.41, 5.74) is 1.18. The summed E-state index contributed by atoms with van der Waals surface area (Å²) in [7, 11) is 0. The summed E-state index contributed by atoms with van der Waals surface area (Å²) in [5, 5.41) is 13.5. The standard InChI is InChI=1S/C17H26BrNO2/c1-12-7-8-17(16(18)9-12)21-11-15(20)10-19-13(2)14-5-3-4-6-14/h7-9,13-15,19-20H,3-6,10-11H2,1-2H3/t13-,15?/m0/s1. The number of ether oxygens (including phenoxy) is 1. The van der Waals surface area contributed by atoms with E-state index in [4.69, 9.17) is 4.74 Å². The van der Waals surface area contributed by atoms with Crippen molar-refractivity contribution in [1.82, 2.24) is 5.32 Å². The van der Waals surface area contributed by atoms with E-state index in [0.29, 0.717) is 19.2 Å². The van der Waals surface area contributed by atoms with E-state index in [1.54, 1.807) is 0 Å². The molecule has 0 amide bonds. The molecule has 118 valence electrons. The first-order valence-corrected chi connectivity index (χ1v) is 8.66. The third-order valence-electron chi connectivity index (χ3n) is 4.30. The SMILES string of the molecule is Cc1ccc(OCC(O)CN[C@@H](C)C2CCCC2)c(Br)c1. The Morgan fingerprint density at radius 2 is 2.10 bits per heavy atom. The van der Waals surface area contributed by atoms with Gasteiger partial charge in [0.15, 0.2) is 0 Å². The minimum atomic E-state index is -0.484. The second kappa shape index (κ2) is 8.16. The lowest BCUT2D eigenvalue weighted by molar-refractivity contribution is 0.101. The minimum absolute atomic E-state index is 0.312. The molecule has 1 aliphatic rings. The lowest BCUT2D eigenvalue weighted by Gasteiger charge is -2.22. The van der Waals surface area contributed by atoms with Crippen molar-refractivity contribution in [3.63, 3.8) is 0 Å². The summed E-state index contributed by atoms with van der Waals surface area (Å²) in [6.07, 6.45) is 4.85. The summed E-state index contributed by atoms with van der Waals surface area (Å²) in [4.78, 5) is 0. The van der Waals surface area contributed by atoms with Crippen LogP contribution < -0.4 is 10.1 Å². The van der Waals surface area contributed by atoms with Crippen molar-refractivity contribution in [1.29, 1.82) is 0 Å². The molecule has 0 aromatic heterocycles. The topological polar surface area (TPSA) is 41.5 Å². The molecule has 0 heterocycles. The highest BCUT2D eigenvalue weighted by Gasteiger charge is 2.21. The van der Waals surface area contributed by atoms with Crippen LogP contribution in [-0.4, -0.2) is 30.4 Å². The molecule has 1 fully saturated rings. The molecule has 0 aliphatic heterocycles. The van der Waals surface area contributed by atoms with Crippen LogP contribution in [0.1, 0.15) is 38.2 Å². The Kier molecular flexibility index (Phi) is 6.52. The third-order valence-corrected chi connectivity index (χ3v) is 4.92. The second-order valence-electron chi connectivity index (χ2n) is 6.14. The van der Waals surface area contributed by atoms with Gasteiger partial charge in [0.25, 0.3) is 0 Å². The number of rotatable bonds is 7. The Labute approximate surface area is 136 Å². The monoisotopic (exact) mass is 355 g/mol. The number of nitrogens with one attached hydrogen (secondary N) is 1. The van der Waals surface area contributed by atoms with Gasteiger partial charge in [0.05, 0.1) is 4.47 Å². The quantitative estimate of drug-likeness (QED) is 0.783. The number of aliphatic hydroxyl groups is 1. The molecule has 21 heavy (non-hydrogen) atoms. The second-order valence-corrected chi connectivity index (χ2v) is 6.99. The van der Waals surface area contributed by atoms with E-state index in [-0.39, 0.29) is 0 Å². The lowest BCUT2D eigenvalue weighted by atomic mass is 10.00. The Balaban J connectivity index is 1.70. The summed E-state index contributed by atoms with van der Waals surface area (Å²) in [6.45, 7) is 5.16. The van der Waals surface area contributed by atoms with Crippen LogP contribution in [0.5, 0.6) is 5.75 Å². The van der Waals surface area contributed by atoms with Crippen LogP contribution in [0.25, 0.3) is 0 Å². The maximum Gasteiger partial charge on any atom is 0.133 e. The molecule has 1 saturated carbocycles. The zero-order chi connectivity index (χ0) is 15.2. The van der Waals surface area contributed by atoms with E-state index in [9.17, 15) is 5.11 Å². The molecule has 4 heteroatoms. The van der Waals surface area contributed by atoms with Gasteiger partial charge < -0.3 is 15.2 Å². The molecule has 1 unspecified atom stereocenters. The highest BCUT2D eigenvalue weighted by molar-refractivity contribution is 9.10. The van der Waals surface area contributed by atoms with E-state index in [2.05, 4.69) is 28.2 Å². The normalized spacial score (nSPS) is 18.7. The van der Waals surface area contributed by atoms with Gasteiger partial charge in [-0.25, -0.2) is 0 Å². The molecule has 0 saturated heterocycles. The molecule has 2 atom stereocenters. The van der Waals surface area contributed by atoms with Crippen molar-refractivity contribution >= 4 is 15.9 Å². The van der Waals surface area contributed by atoms with Crippen LogP contribution in [0.4, 0.5) is 0 Å². The average Bonchev–Trinajstić information content (AvgIpc) is 2.98. The van der Waals surface area contributed by atoms with Gasteiger partial charge in [0, 0.05) is 12.6 Å². The Morgan fingerprint density at radius 3 is 2.76 bits per heavy atom. The Bertz CT molecular complexity index is 446. The molecule has 0 spiro atoms. The summed E-state index contributed by atoms with van der Waals surface area (Å²) >= 11 is 3.48. The number of aliphatic hydroxyl groups excluding tert-OH is 1. The summed E-state index contributed by atoms with van der Waals surface area (Å²) in [5.74, 6) is 1.55. The smallest absolute Gasteiger partial charge is 0.133 e. The fourth-order valence-electron chi connectivity index (χ4n) is 2.91. The van der Waals surface area contributed by atoms with Gasteiger partial charge >= 0.3 is 0 Å². The van der Waals surface area contributed by atoms with Crippen molar-refractivity contribution in [3.05, 3.63) is 28.2 Å². The van der Waals surface area contributed by atoms with Gasteiger partial charge in [-0.2, -0.15) is 0 Å². The fourth-order valence-corrected chi connectivity index (χ4v) is 3.52. The maximum absolute atomic E-state index is 10.0. The van der Waals surface area contributed by atoms with Gasteiger partial charge in [-0.15, -0.1) is 0 Å². The summed E-state index contributed by atoms with van der Waals surface area (Å²) in [6, 6.07) is 6.43. The average molecular weight is 356 g/mol. The number of hydrogen-bond acceptors (Lipinski definition) is 3. The number of benzene rings is 1. The van der Waals surface area contributed by atoms with Crippen LogP contribution in [0.2, 0.25) is 0 Å². The number of aryl methyl sites for hydroxylation is 1. The number of hydrogen-bond donors (Lipinski definition) is 2. The zero-order valence-electron chi connectivity index (χ0n) is 12.9. The van der Waals surface area contributed by atoms with Crippen molar-refractivity contribution < 1.29 is 9.84 Å². The van der Waals surface area contributed by atoms with Crippen LogP contribution >= 0.6 is 15.9 Å². The largest absolute Gasteiger partial charge is 0.490 e. The molecule has 0 radical (unpaired) electrons. The first-order valence-electron chi connectivity index (χ1n) is 7.86. The highest BCUT2D eigenvalue weighted by Crippen LogP contribution is 2.27. The van der Waals surface area contributed by atoms with Gasteiger partial charge in [-0.1, -0.05) is 18.9 Å². The zero-order valence-corrected chi connectivity index (χ0v) is 14.5. The molecule has 1 aromatic rings. The fraction of sp³-hybridized carbons (Fsp3) is 0.647. The van der Waals surface area contributed by atoms with Crippen LogP contribution in [0.3, 0.4) is 0 Å². The van der Waals surface area contributed by atoms with Crippen molar-refractivity contribution in [2.24, 2.45) is 5.92 Å². The van der Waals surface area contributed by atoms with E-state index in [1.807, 2.05) is 25.1 Å². The summed E-state index contributed by atoms with van der Waals surface area (Å²) < 4.78 is 6.61. The third kappa shape index (κ3) is 5.28. The molecule has 1 aromatic carbocycles. The molecule has 2 N–H and O–H groups in total. The van der Waals surface area contributed by atoms with Crippen LogP contribution in [0.15, 0.2) is 22.7 Å². The lowest BCUT2D eigenvalue weighted by Crippen LogP contribution is -2.39. The first kappa shape index (κ1) is 16.8. The van der Waals surface area contributed by atoms with Crippen molar-refractivity contribution in [2.45, 2.75) is 51.7 Å². The Morgan fingerprint density at radius 1 is 1.38 bits per heavy atom. The van der Waals surface area contributed by atoms with E-state index in [0.717, 1.165) is 16.1 Å². The minimum Gasteiger partial charge on any atom is -0.490 e. The van der Waals surface area contributed by atoms with Crippen LogP contribution in [0, 0.1) is 12.8 Å². The van der Waals surface area contributed by atoms with Gasteiger partial charge in [0.2, 0.25) is 0 Å².